The molecule has 2 heterocycles. The summed E-state index contributed by atoms with van der Waals surface area (Å²) < 4.78 is 0. The molecule has 2 atom stereocenters. The number of carbonyl (C=O) groups is 1. The van der Waals surface area contributed by atoms with Crippen LogP contribution in [0.1, 0.15) is 32.6 Å². The Hall–Kier alpha value is -0.570. The second-order valence-corrected chi connectivity index (χ2v) is 4.58. The van der Waals surface area contributed by atoms with Gasteiger partial charge in [0.05, 0.1) is 0 Å². The van der Waals surface area contributed by atoms with Crippen LogP contribution in [0, 0.1) is 5.92 Å². The topological polar surface area (TPSA) is 32.3 Å². The van der Waals surface area contributed by atoms with Crippen molar-refractivity contribution in [2.24, 2.45) is 5.92 Å². The number of hydrogen-bond acceptors (Lipinski definition) is 2. The quantitative estimate of drug-likeness (QED) is 0.678. The van der Waals surface area contributed by atoms with Crippen LogP contribution in [0.25, 0.3) is 0 Å². The third-order valence-electron chi connectivity index (χ3n) is 3.55. The van der Waals surface area contributed by atoms with E-state index in [1.165, 1.54) is 12.8 Å². The number of nitrogens with zero attached hydrogens (tertiary/aromatic N) is 1. The van der Waals surface area contributed by atoms with Crippen LogP contribution >= 0.6 is 0 Å². The van der Waals surface area contributed by atoms with Gasteiger partial charge in [-0.2, -0.15) is 0 Å². The maximum Gasteiger partial charge on any atom is 0.222 e. The summed E-state index contributed by atoms with van der Waals surface area (Å²) >= 11 is 0. The van der Waals surface area contributed by atoms with Crippen LogP contribution in [-0.4, -0.2) is 36.5 Å². The van der Waals surface area contributed by atoms with Crippen molar-refractivity contribution in [3.63, 3.8) is 0 Å². The summed E-state index contributed by atoms with van der Waals surface area (Å²) in [6.07, 6.45) is 4.25. The van der Waals surface area contributed by atoms with Gasteiger partial charge in [-0.15, -0.1) is 0 Å². The maximum atomic E-state index is 11.7. The summed E-state index contributed by atoms with van der Waals surface area (Å²) in [6.45, 7) is 5.36. The standard InChI is InChI=1S/C11H20N2O/c1-9-5-6-12-8-10(9)13-7-3-2-4-11(13)14/h9-10,12H,2-8H2,1H3. The summed E-state index contributed by atoms with van der Waals surface area (Å²) in [6, 6.07) is 0.455. The highest BCUT2D eigenvalue weighted by Gasteiger charge is 2.31. The Morgan fingerprint density at radius 1 is 1.43 bits per heavy atom. The molecule has 3 heteroatoms. The number of carbonyl (C=O) groups excluding carboxylic acids is 1. The number of amides is 1. The third-order valence-corrected chi connectivity index (χ3v) is 3.55. The number of nitrogens with one attached hydrogen (secondary N) is 1. The van der Waals surface area contributed by atoms with E-state index in [1.807, 2.05) is 0 Å². The molecule has 0 spiro atoms. The van der Waals surface area contributed by atoms with Gasteiger partial charge >= 0.3 is 0 Å². The Bertz CT molecular complexity index is 217. The van der Waals surface area contributed by atoms with Crippen molar-refractivity contribution in [1.82, 2.24) is 10.2 Å². The van der Waals surface area contributed by atoms with E-state index in [0.29, 0.717) is 17.9 Å². The van der Waals surface area contributed by atoms with Gasteiger partial charge in [0.25, 0.3) is 0 Å². The van der Waals surface area contributed by atoms with E-state index in [9.17, 15) is 4.79 Å². The van der Waals surface area contributed by atoms with Gasteiger partial charge in [0, 0.05) is 25.6 Å². The van der Waals surface area contributed by atoms with Crippen LogP contribution in [-0.2, 0) is 4.79 Å². The van der Waals surface area contributed by atoms with Crippen LogP contribution < -0.4 is 5.32 Å². The highest BCUT2D eigenvalue weighted by Crippen LogP contribution is 2.22. The minimum absolute atomic E-state index is 0.372. The Balaban J connectivity index is 2.00. The minimum atomic E-state index is 0.372. The van der Waals surface area contributed by atoms with E-state index in [2.05, 4.69) is 17.1 Å². The van der Waals surface area contributed by atoms with Gasteiger partial charge in [0.15, 0.2) is 0 Å². The van der Waals surface area contributed by atoms with Gasteiger partial charge in [-0.05, 0) is 31.7 Å². The van der Waals surface area contributed by atoms with Gasteiger partial charge in [0.1, 0.15) is 0 Å². The molecule has 2 rings (SSSR count). The van der Waals surface area contributed by atoms with Crippen LogP contribution in [0.15, 0.2) is 0 Å². The van der Waals surface area contributed by atoms with E-state index in [0.717, 1.165) is 32.5 Å². The number of piperidine rings is 2. The molecule has 0 aromatic rings. The molecule has 2 saturated heterocycles. The van der Waals surface area contributed by atoms with Crippen molar-refractivity contribution >= 4 is 5.91 Å². The SMILES string of the molecule is CC1CCNCC1N1CCCCC1=O. The largest absolute Gasteiger partial charge is 0.338 e. The molecule has 0 aromatic heterocycles. The molecule has 2 aliphatic rings. The van der Waals surface area contributed by atoms with Gasteiger partial charge in [0.2, 0.25) is 5.91 Å². The summed E-state index contributed by atoms with van der Waals surface area (Å²) in [5, 5.41) is 3.39. The molecule has 0 saturated carbocycles. The van der Waals surface area contributed by atoms with Gasteiger partial charge in [-0.3, -0.25) is 4.79 Å². The van der Waals surface area contributed by atoms with E-state index in [1.54, 1.807) is 0 Å². The Morgan fingerprint density at radius 2 is 2.29 bits per heavy atom. The number of rotatable bonds is 1. The molecule has 1 N–H and O–H groups in total. The molecule has 1 amide bonds. The van der Waals surface area contributed by atoms with Crippen LogP contribution in [0.5, 0.6) is 0 Å². The molecule has 0 aliphatic carbocycles. The fourth-order valence-electron chi connectivity index (χ4n) is 2.57. The maximum absolute atomic E-state index is 11.7. The third kappa shape index (κ3) is 1.92. The van der Waals surface area contributed by atoms with Gasteiger partial charge in [-0.25, -0.2) is 0 Å². The first-order valence-corrected chi connectivity index (χ1v) is 5.79. The van der Waals surface area contributed by atoms with E-state index >= 15 is 0 Å². The highest BCUT2D eigenvalue weighted by atomic mass is 16.2. The minimum Gasteiger partial charge on any atom is -0.338 e. The molecule has 0 bridgehead atoms. The van der Waals surface area contributed by atoms with Crippen LogP contribution in [0.4, 0.5) is 0 Å². The van der Waals surface area contributed by atoms with Crippen molar-refractivity contribution in [1.29, 1.82) is 0 Å². The summed E-state index contributed by atoms with van der Waals surface area (Å²) in [5.74, 6) is 1.04. The normalized spacial score (nSPS) is 34.6. The Morgan fingerprint density at radius 3 is 3.00 bits per heavy atom. The smallest absolute Gasteiger partial charge is 0.222 e. The van der Waals surface area contributed by atoms with Crippen molar-refractivity contribution in [2.45, 2.75) is 38.6 Å². The van der Waals surface area contributed by atoms with Gasteiger partial charge < -0.3 is 10.2 Å². The molecule has 2 aliphatic heterocycles. The van der Waals surface area contributed by atoms with E-state index < -0.39 is 0 Å². The highest BCUT2D eigenvalue weighted by molar-refractivity contribution is 5.77. The van der Waals surface area contributed by atoms with Gasteiger partial charge in [-0.1, -0.05) is 6.92 Å². The molecule has 0 aromatic carbocycles. The number of likely N-dealkylation sites (tertiary alicyclic amines) is 1. The summed E-state index contributed by atoms with van der Waals surface area (Å²) in [4.78, 5) is 13.8. The molecule has 0 radical (unpaired) electrons. The predicted molar refractivity (Wildman–Crippen MR) is 56.0 cm³/mol. The first kappa shape index (κ1) is 9.97. The second kappa shape index (κ2) is 4.30. The second-order valence-electron chi connectivity index (χ2n) is 4.58. The van der Waals surface area contributed by atoms with Crippen LogP contribution in [0.3, 0.4) is 0 Å². The lowest BCUT2D eigenvalue weighted by Crippen LogP contribution is -2.54. The van der Waals surface area contributed by atoms with Crippen LogP contribution in [0.2, 0.25) is 0 Å². The van der Waals surface area contributed by atoms with Crippen molar-refractivity contribution in [3.05, 3.63) is 0 Å². The summed E-state index contributed by atoms with van der Waals surface area (Å²) in [5.41, 5.74) is 0. The van der Waals surface area contributed by atoms with E-state index in [4.69, 9.17) is 0 Å². The van der Waals surface area contributed by atoms with Crippen molar-refractivity contribution in [2.75, 3.05) is 19.6 Å². The molecule has 3 nitrogen and oxygen atoms in total. The first-order chi connectivity index (χ1) is 6.79. The zero-order valence-corrected chi connectivity index (χ0v) is 8.96. The lowest BCUT2D eigenvalue weighted by atomic mass is 9.92. The molecule has 2 fully saturated rings. The molecular weight excluding hydrogens is 176 g/mol. The Labute approximate surface area is 85.8 Å². The molecule has 2 unspecified atom stereocenters. The fourth-order valence-corrected chi connectivity index (χ4v) is 2.57. The van der Waals surface area contributed by atoms with Crippen molar-refractivity contribution in [3.8, 4) is 0 Å². The average molecular weight is 196 g/mol. The molecule has 80 valence electrons. The fraction of sp³-hybridized carbons (Fsp3) is 0.909. The average Bonchev–Trinajstić information content (AvgIpc) is 2.20. The van der Waals surface area contributed by atoms with Crippen molar-refractivity contribution < 1.29 is 4.79 Å². The molecular formula is C11H20N2O. The number of hydrogen-bond donors (Lipinski definition) is 1. The monoisotopic (exact) mass is 196 g/mol. The first-order valence-electron chi connectivity index (χ1n) is 5.79. The molecule has 14 heavy (non-hydrogen) atoms. The lowest BCUT2D eigenvalue weighted by molar-refractivity contribution is -0.137. The lowest BCUT2D eigenvalue weighted by Gasteiger charge is -2.40. The predicted octanol–water partition coefficient (Wildman–Crippen LogP) is 0.997. The van der Waals surface area contributed by atoms with E-state index in [-0.39, 0.29) is 0 Å². The zero-order valence-electron chi connectivity index (χ0n) is 8.96. The zero-order chi connectivity index (χ0) is 9.97. The summed E-state index contributed by atoms with van der Waals surface area (Å²) in [7, 11) is 0. The Kier molecular flexibility index (Phi) is 3.06.